The van der Waals surface area contributed by atoms with E-state index in [1.165, 1.54) is 18.3 Å². The predicted molar refractivity (Wildman–Crippen MR) is 70.5 cm³/mol. The third-order valence-corrected chi connectivity index (χ3v) is 4.20. The van der Waals surface area contributed by atoms with E-state index in [4.69, 9.17) is 9.47 Å². The van der Waals surface area contributed by atoms with Crippen molar-refractivity contribution >= 4 is 23.1 Å². The Morgan fingerprint density at radius 3 is 2.63 bits per heavy atom. The van der Waals surface area contributed by atoms with E-state index in [-0.39, 0.29) is 24.2 Å². The number of carbonyl (C=O) groups is 2. The first kappa shape index (κ1) is 14.1. The number of esters is 1. The lowest BCUT2D eigenvalue weighted by atomic mass is 10.2. The Kier molecular flexibility index (Phi) is 4.31. The number of methoxy groups -OCH3 is 1. The molecule has 6 heteroatoms. The molecule has 1 saturated carbocycles. The number of carbonyl (C=O) groups excluding carboxylic acids is 2. The Hall–Kier alpha value is -1.27. The van der Waals surface area contributed by atoms with Gasteiger partial charge in [-0.1, -0.05) is 0 Å². The molecule has 104 valence electrons. The first-order valence-electron chi connectivity index (χ1n) is 6.30. The van der Waals surface area contributed by atoms with Crippen molar-refractivity contribution in [1.82, 2.24) is 4.98 Å². The first-order valence-corrected chi connectivity index (χ1v) is 7.11. The lowest BCUT2D eigenvalue weighted by molar-refractivity contribution is 0.0514. The minimum absolute atomic E-state index is 0.119. The molecule has 1 aromatic rings. The summed E-state index contributed by atoms with van der Waals surface area (Å²) in [5.41, 5.74) is 0.122. The topological polar surface area (TPSA) is 65.5 Å². The second kappa shape index (κ2) is 5.79. The third-order valence-electron chi connectivity index (χ3n) is 2.98. The molecule has 1 aromatic heterocycles. The van der Waals surface area contributed by atoms with Gasteiger partial charge in [0.25, 0.3) is 0 Å². The van der Waals surface area contributed by atoms with E-state index in [1.807, 2.05) is 0 Å². The summed E-state index contributed by atoms with van der Waals surface area (Å²) in [6.45, 7) is 3.42. The van der Waals surface area contributed by atoms with Gasteiger partial charge in [-0.05, 0) is 25.7 Å². The fraction of sp³-hybridized carbons (Fsp3) is 0.615. The third kappa shape index (κ3) is 3.01. The molecule has 0 amide bonds. The van der Waals surface area contributed by atoms with Gasteiger partial charge < -0.3 is 9.47 Å². The average molecular weight is 283 g/mol. The lowest BCUT2D eigenvalue weighted by Gasteiger charge is -2.10. The van der Waals surface area contributed by atoms with Gasteiger partial charge >= 0.3 is 5.97 Å². The van der Waals surface area contributed by atoms with Gasteiger partial charge in [-0.3, -0.25) is 4.79 Å². The Balaban J connectivity index is 2.33. The highest BCUT2D eigenvalue weighted by Crippen LogP contribution is 2.44. The fourth-order valence-corrected chi connectivity index (χ4v) is 3.05. The minimum Gasteiger partial charge on any atom is -0.461 e. The van der Waals surface area contributed by atoms with Crippen LogP contribution in [0.4, 0.5) is 0 Å². The number of nitrogens with zero attached hydrogens (tertiary/aromatic N) is 1. The zero-order valence-corrected chi connectivity index (χ0v) is 12.1. The van der Waals surface area contributed by atoms with Crippen molar-refractivity contribution in [3.63, 3.8) is 0 Å². The molecule has 1 heterocycles. The molecule has 5 nitrogen and oxygen atoms in total. The van der Waals surface area contributed by atoms with E-state index in [0.717, 1.165) is 12.8 Å². The Morgan fingerprint density at radius 2 is 2.16 bits per heavy atom. The van der Waals surface area contributed by atoms with Crippen molar-refractivity contribution in [3.8, 4) is 0 Å². The van der Waals surface area contributed by atoms with E-state index in [1.54, 1.807) is 14.0 Å². The molecule has 0 saturated heterocycles. The second-order valence-electron chi connectivity index (χ2n) is 4.50. The molecule has 1 aliphatic carbocycles. The molecule has 19 heavy (non-hydrogen) atoms. The molecule has 1 unspecified atom stereocenters. The quantitative estimate of drug-likeness (QED) is 0.593. The van der Waals surface area contributed by atoms with Gasteiger partial charge in [-0.25, -0.2) is 9.78 Å². The molecule has 1 fully saturated rings. The Labute approximate surface area is 115 Å². The van der Waals surface area contributed by atoms with Crippen molar-refractivity contribution < 1.29 is 19.1 Å². The lowest BCUT2D eigenvalue weighted by Crippen LogP contribution is -2.10. The molecule has 0 bridgehead atoms. The van der Waals surface area contributed by atoms with Crippen LogP contribution in [0.2, 0.25) is 0 Å². The van der Waals surface area contributed by atoms with Crippen LogP contribution >= 0.6 is 11.3 Å². The number of ketones is 1. The molecule has 1 atom stereocenters. The highest BCUT2D eigenvalue weighted by atomic mass is 32.1. The Morgan fingerprint density at radius 1 is 1.47 bits per heavy atom. The van der Waals surface area contributed by atoms with Gasteiger partial charge in [0, 0.05) is 14.0 Å². The monoisotopic (exact) mass is 283 g/mol. The summed E-state index contributed by atoms with van der Waals surface area (Å²) in [7, 11) is 1.63. The summed E-state index contributed by atoms with van der Waals surface area (Å²) in [6.07, 6.45) is 2.08. The predicted octanol–water partition coefficient (Wildman–Crippen LogP) is 2.62. The van der Waals surface area contributed by atoms with Crippen LogP contribution in [-0.2, 0) is 9.47 Å². The average Bonchev–Trinajstić information content (AvgIpc) is 3.08. The summed E-state index contributed by atoms with van der Waals surface area (Å²) < 4.78 is 10.4. The number of hydrogen-bond donors (Lipinski definition) is 0. The van der Waals surface area contributed by atoms with Gasteiger partial charge in [-0.15, -0.1) is 11.3 Å². The van der Waals surface area contributed by atoms with Crippen molar-refractivity contribution in [2.75, 3.05) is 13.7 Å². The first-order chi connectivity index (χ1) is 9.08. The standard InChI is InChI=1S/C13H17NO4S/c1-4-18-13(16)9-11(7(2)15)19-12(14-9)10(17-3)8-5-6-8/h8,10H,4-6H2,1-3H3. The summed E-state index contributed by atoms with van der Waals surface area (Å²) in [5, 5.41) is 0.693. The molecule has 0 aromatic carbocycles. The van der Waals surface area contributed by atoms with E-state index in [9.17, 15) is 9.59 Å². The maximum Gasteiger partial charge on any atom is 0.358 e. The van der Waals surface area contributed by atoms with Crippen LogP contribution in [0.25, 0.3) is 0 Å². The smallest absolute Gasteiger partial charge is 0.358 e. The summed E-state index contributed by atoms with van der Waals surface area (Å²) in [5.74, 6) is -0.260. The minimum atomic E-state index is -0.541. The zero-order chi connectivity index (χ0) is 14.0. The van der Waals surface area contributed by atoms with Crippen LogP contribution in [0.5, 0.6) is 0 Å². The van der Waals surface area contributed by atoms with Crippen molar-refractivity contribution in [2.45, 2.75) is 32.8 Å². The summed E-state index contributed by atoms with van der Waals surface area (Å²) in [4.78, 5) is 28.1. The van der Waals surface area contributed by atoms with Gasteiger partial charge in [0.1, 0.15) is 16.0 Å². The number of hydrogen-bond acceptors (Lipinski definition) is 6. The Bertz CT molecular complexity index is 493. The molecular formula is C13H17NO4S. The SMILES string of the molecule is CCOC(=O)c1nc(C(OC)C2CC2)sc1C(C)=O. The van der Waals surface area contributed by atoms with Gasteiger partial charge in [0.2, 0.25) is 0 Å². The van der Waals surface area contributed by atoms with Crippen molar-refractivity contribution in [1.29, 1.82) is 0 Å². The van der Waals surface area contributed by atoms with Gasteiger partial charge in [-0.2, -0.15) is 0 Å². The van der Waals surface area contributed by atoms with Crippen LogP contribution < -0.4 is 0 Å². The molecule has 0 N–H and O–H groups in total. The molecule has 1 aliphatic rings. The van der Waals surface area contributed by atoms with Crippen LogP contribution in [0, 0.1) is 5.92 Å². The number of ether oxygens (including phenoxy) is 2. The van der Waals surface area contributed by atoms with E-state index < -0.39 is 5.97 Å². The molecule has 0 spiro atoms. The van der Waals surface area contributed by atoms with Crippen molar-refractivity contribution in [3.05, 3.63) is 15.6 Å². The van der Waals surface area contributed by atoms with Gasteiger partial charge in [0.15, 0.2) is 11.5 Å². The maximum atomic E-state index is 11.8. The number of thiazole rings is 1. The van der Waals surface area contributed by atoms with Crippen LogP contribution in [0.1, 0.15) is 58.0 Å². The van der Waals surface area contributed by atoms with Crippen LogP contribution in [0.15, 0.2) is 0 Å². The van der Waals surface area contributed by atoms with Crippen LogP contribution in [-0.4, -0.2) is 30.5 Å². The molecule has 0 radical (unpaired) electrons. The molecular weight excluding hydrogens is 266 g/mol. The number of Topliss-reactive ketones (excluding diaryl/α,β-unsaturated/α-hetero) is 1. The normalized spacial score (nSPS) is 16.2. The fourth-order valence-electron chi connectivity index (χ4n) is 1.93. The number of aromatic nitrogens is 1. The van der Waals surface area contributed by atoms with E-state index >= 15 is 0 Å². The molecule has 2 rings (SSSR count). The second-order valence-corrected chi connectivity index (χ2v) is 5.53. The molecule has 0 aliphatic heterocycles. The largest absolute Gasteiger partial charge is 0.461 e. The van der Waals surface area contributed by atoms with Crippen molar-refractivity contribution in [2.24, 2.45) is 5.92 Å². The maximum absolute atomic E-state index is 11.8. The highest BCUT2D eigenvalue weighted by molar-refractivity contribution is 7.14. The van der Waals surface area contributed by atoms with E-state index in [2.05, 4.69) is 4.98 Å². The zero-order valence-electron chi connectivity index (χ0n) is 11.3. The highest BCUT2D eigenvalue weighted by Gasteiger charge is 2.36. The van der Waals surface area contributed by atoms with Gasteiger partial charge in [0.05, 0.1) is 6.61 Å². The summed E-state index contributed by atoms with van der Waals surface area (Å²) in [6, 6.07) is 0. The summed E-state index contributed by atoms with van der Waals surface area (Å²) >= 11 is 1.24. The number of rotatable bonds is 6. The van der Waals surface area contributed by atoms with E-state index in [0.29, 0.717) is 15.8 Å². The van der Waals surface area contributed by atoms with Crippen LogP contribution in [0.3, 0.4) is 0 Å².